The average molecular weight is 236 g/mol. The van der Waals surface area contributed by atoms with Gasteiger partial charge in [-0.25, -0.2) is 0 Å². The van der Waals surface area contributed by atoms with E-state index in [0.717, 1.165) is 32.7 Å². The van der Waals surface area contributed by atoms with Crippen LogP contribution in [0.15, 0.2) is 16.8 Å². The van der Waals surface area contributed by atoms with Crippen molar-refractivity contribution >= 4 is 6.34 Å². The SMILES string of the molecule is C/C1=C\CCN/C=N/CN1C1CCCNCC1. The van der Waals surface area contributed by atoms with Crippen LogP contribution in [0.25, 0.3) is 0 Å². The number of nitrogens with one attached hydrogen (secondary N) is 2. The zero-order valence-electron chi connectivity index (χ0n) is 10.8. The predicted octanol–water partition coefficient (Wildman–Crippen LogP) is 1.31. The molecule has 96 valence electrons. The maximum Gasteiger partial charge on any atom is 0.111 e. The molecule has 0 bridgehead atoms. The molecule has 1 saturated heterocycles. The van der Waals surface area contributed by atoms with Gasteiger partial charge in [-0.2, -0.15) is 0 Å². The van der Waals surface area contributed by atoms with Crippen LogP contribution in [0.5, 0.6) is 0 Å². The molecule has 2 heterocycles. The third kappa shape index (κ3) is 3.73. The summed E-state index contributed by atoms with van der Waals surface area (Å²) in [4.78, 5) is 6.93. The second kappa shape index (κ2) is 6.64. The minimum absolute atomic E-state index is 0.650. The fourth-order valence-corrected chi connectivity index (χ4v) is 2.57. The van der Waals surface area contributed by atoms with Crippen LogP contribution in [0.3, 0.4) is 0 Å². The lowest BCUT2D eigenvalue weighted by Gasteiger charge is -2.32. The molecule has 4 nitrogen and oxygen atoms in total. The number of hydrogen-bond donors (Lipinski definition) is 2. The van der Waals surface area contributed by atoms with Gasteiger partial charge in [0.15, 0.2) is 0 Å². The molecule has 0 aromatic heterocycles. The summed E-state index contributed by atoms with van der Waals surface area (Å²) in [6, 6.07) is 0.650. The second-order valence-corrected chi connectivity index (χ2v) is 4.85. The molecule has 1 unspecified atom stereocenters. The summed E-state index contributed by atoms with van der Waals surface area (Å²) in [5.41, 5.74) is 1.39. The normalized spacial score (nSPS) is 32.2. The van der Waals surface area contributed by atoms with Crippen LogP contribution in [0, 0.1) is 0 Å². The molecule has 2 rings (SSSR count). The molecular weight excluding hydrogens is 212 g/mol. The van der Waals surface area contributed by atoms with Crippen molar-refractivity contribution in [3.05, 3.63) is 11.8 Å². The van der Waals surface area contributed by atoms with Crippen LogP contribution in [-0.2, 0) is 0 Å². The van der Waals surface area contributed by atoms with Gasteiger partial charge in [0.1, 0.15) is 6.67 Å². The molecule has 0 radical (unpaired) electrons. The Labute approximate surface area is 104 Å². The van der Waals surface area contributed by atoms with Gasteiger partial charge < -0.3 is 15.5 Å². The van der Waals surface area contributed by atoms with Gasteiger partial charge in [-0.05, 0) is 45.7 Å². The van der Waals surface area contributed by atoms with E-state index in [-0.39, 0.29) is 0 Å². The van der Waals surface area contributed by atoms with E-state index in [2.05, 4.69) is 33.5 Å². The summed E-state index contributed by atoms with van der Waals surface area (Å²) in [6.45, 7) is 6.30. The van der Waals surface area contributed by atoms with Crippen molar-refractivity contribution in [3.63, 3.8) is 0 Å². The third-order valence-electron chi connectivity index (χ3n) is 3.58. The lowest BCUT2D eigenvalue weighted by Crippen LogP contribution is -2.34. The first kappa shape index (κ1) is 12.4. The van der Waals surface area contributed by atoms with Crippen LogP contribution in [0.1, 0.15) is 32.6 Å². The van der Waals surface area contributed by atoms with Crippen molar-refractivity contribution < 1.29 is 0 Å². The summed E-state index contributed by atoms with van der Waals surface area (Å²) in [5, 5.41) is 6.68. The molecule has 0 saturated carbocycles. The topological polar surface area (TPSA) is 39.7 Å². The highest BCUT2D eigenvalue weighted by atomic mass is 15.2. The standard InChI is InChI=1S/C13H24N4/c1-12-4-2-8-15-10-16-11-17(12)13-5-3-7-14-9-6-13/h4,10,13-14H,2-3,5-9,11H2,1H3,(H,15,16)/b12-4+. The van der Waals surface area contributed by atoms with E-state index in [4.69, 9.17) is 0 Å². The summed E-state index contributed by atoms with van der Waals surface area (Å²) in [7, 11) is 0. The molecule has 1 atom stereocenters. The van der Waals surface area contributed by atoms with Gasteiger partial charge in [-0.15, -0.1) is 0 Å². The summed E-state index contributed by atoms with van der Waals surface area (Å²) >= 11 is 0. The monoisotopic (exact) mass is 236 g/mol. The molecule has 1 fully saturated rings. The highest BCUT2D eigenvalue weighted by molar-refractivity contribution is 5.54. The van der Waals surface area contributed by atoms with Gasteiger partial charge in [0.25, 0.3) is 0 Å². The van der Waals surface area contributed by atoms with Crippen LogP contribution in [0.2, 0.25) is 0 Å². The van der Waals surface area contributed by atoms with Gasteiger partial charge in [-0.3, -0.25) is 4.99 Å². The van der Waals surface area contributed by atoms with E-state index in [1.165, 1.54) is 25.0 Å². The Hall–Kier alpha value is -1.03. The molecule has 4 heteroatoms. The van der Waals surface area contributed by atoms with E-state index in [9.17, 15) is 0 Å². The van der Waals surface area contributed by atoms with E-state index in [0.29, 0.717) is 6.04 Å². The summed E-state index contributed by atoms with van der Waals surface area (Å²) in [5.74, 6) is 0. The first-order valence-electron chi connectivity index (χ1n) is 6.74. The van der Waals surface area contributed by atoms with Gasteiger partial charge in [0.2, 0.25) is 0 Å². The Morgan fingerprint density at radius 1 is 1.29 bits per heavy atom. The van der Waals surface area contributed by atoms with Crippen LogP contribution in [0.4, 0.5) is 0 Å². The van der Waals surface area contributed by atoms with Gasteiger partial charge in [0, 0.05) is 18.3 Å². The van der Waals surface area contributed by atoms with Crippen LogP contribution < -0.4 is 10.6 Å². The van der Waals surface area contributed by atoms with Crippen LogP contribution in [-0.4, -0.2) is 43.6 Å². The van der Waals surface area contributed by atoms with Crippen molar-refractivity contribution in [1.29, 1.82) is 0 Å². The lowest BCUT2D eigenvalue weighted by atomic mass is 10.1. The zero-order chi connectivity index (χ0) is 11.9. The molecular formula is C13H24N4. The van der Waals surface area contributed by atoms with Crippen molar-refractivity contribution in [2.45, 2.75) is 38.6 Å². The van der Waals surface area contributed by atoms with Crippen molar-refractivity contribution in [2.75, 3.05) is 26.3 Å². The molecule has 0 amide bonds. The summed E-state index contributed by atoms with van der Waals surface area (Å²) < 4.78 is 0. The fourth-order valence-electron chi connectivity index (χ4n) is 2.57. The molecule has 2 N–H and O–H groups in total. The van der Waals surface area contributed by atoms with Gasteiger partial charge >= 0.3 is 0 Å². The Morgan fingerprint density at radius 3 is 3.18 bits per heavy atom. The van der Waals surface area contributed by atoms with E-state index < -0.39 is 0 Å². The van der Waals surface area contributed by atoms with Gasteiger partial charge in [-0.1, -0.05) is 6.08 Å². The maximum atomic E-state index is 4.46. The Morgan fingerprint density at radius 2 is 2.24 bits per heavy atom. The van der Waals surface area contributed by atoms with E-state index in [1.807, 2.05) is 6.34 Å². The molecule has 0 spiro atoms. The van der Waals surface area contributed by atoms with Crippen molar-refractivity contribution in [1.82, 2.24) is 15.5 Å². The number of aliphatic imine (C=N–C) groups is 1. The minimum atomic E-state index is 0.650. The van der Waals surface area contributed by atoms with Crippen molar-refractivity contribution in [2.24, 2.45) is 4.99 Å². The number of rotatable bonds is 1. The zero-order valence-corrected chi connectivity index (χ0v) is 10.8. The molecule has 2 aliphatic rings. The number of hydrogen-bond acceptors (Lipinski definition) is 4. The van der Waals surface area contributed by atoms with Crippen molar-refractivity contribution in [3.8, 4) is 0 Å². The molecule has 0 aromatic carbocycles. The Kier molecular flexibility index (Phi) is 4.86. The second-order valence-electron chi connectivity index (χ2n) is 4.85. The Bertz CT molecular complexity index is 277. The lowest BCUT2D eigenvalue weighted by molar-refractivity contribution is 0.240. The molecule has 0 aromatic rings. The predicted molar refractivity (Wildman–Crippen MR) is 72.1 cm³/mol. The summed E-state index contributed by atoms with van der Waals surface area (Å²) in [6.07, 6.45) is 9.05. The highest BCUT2D eigenvalue weighted by Gasteiger charge is 2.19. The maximum absolute atomic E-state index is 4.46. The van der Waals surface area contributed by atoms with Gasteiger partial charge in [0.05, 0.1) is 6.34 Å². The first-order valence-corrected chi connectivity index (χ1v) is 6.74. The quantitative estimate of drug-likeness (QED) is 0.721. The average Bonchev–Trinajstić information content (AvgIpc) is 2.55. The fraction of sp³-hybridized carbons (Fsp3) is 0.769. The van der Waals surface area contributed by atoms with E-state index in [1.54, 1.807) is 0 Å². The molecule has 2 aliphatic heterocycles. The van der Waals surface area contributed by atoms with Crippen LogP contribution >= 0.6 is 0 Å². The molecule has 17 heavy (non-hydrogen) atoms. The number of nitrogens with zero attached hydrogens (tertiary/aromatic N) is 2. The highest BCUT2D eigenvalue weighted by Crippen LogP contribution is 2.18. The molecule has 0 aliphatic carbocycles. The Balaban J connectivity index is 2.04. The third-order valence-corrected chi connectivity index (χ3v) is 3.58. The van der Waals surface area contributed by atoms with E-state index >= 15 is 0 Å². The number of allylic oxidation sites excluding steroid dienone is 1. The minimum Gasteiger partial charge on any atom is -0.376 e. The first-order chi connectivity index (χ1) is 8.38. The smallest absolute Gasteiger partial charge is 0.111 e. The largest absolute Gasteiger partial charge is 0.376 e.